The molecule has 2 atom stereocenters. The fraction of sp³-hybridized carbons (Fsp3) is 0.565. The highest BCUT2D eigenvalue weighted by molar-refractivity contribution is 6.00. The van der Waals surface area contributed by atoms with Crippen LogP contribution in [0.2, 0.25) is 0 Å². The minimum Gasteiger partial charge on any atom is -0.481 e. The number of carboxylic acid groups (broad SMARTS) is 1. The largest absolute Gasteiger partial charge is 0.481 e. The van der Waals surface area contributed by atoms with Gasteiger partial charge in [0, 0.05) is 37.2 Å². The van der Waals surface area contributed by atoms with Crippen LogP contribution >= 0.6 is 0 Å². The molecule has 2 aliphatic heterocycles. The van der Waals surface area contributed by atoms with Crippen molar-refractivity contribution in [3.05, 3.63) is 29.8 Å². The molecular weight excluding hydrogens is 398 g/mol. The number of imide groups is 1. The molecule has 0 spiro atoms. The number of anilines is 1. The van der Waals surface area contributed by atoms with E-state index in [9.17, 15) is 19.2 Å². The first-order valence-corrected chi connectivity index (χ1v) is 11.1. The Kier molecular flexibility index (Phi) is 6.25. The number of carbonyl (C=O) groups is 4. The molecule has 0 aromatic heterocycles. The first kappa shape index (κ1) is 21.3. The lowest BCUT2D eigenvalue weighted by molar-refractivity contribution is -0.142. The molecule has 3 aliphatic rings. The summed E-state index contributed by atoms with van der Waals surface area (Å²) in [5.74, 6) is -1.86. The summed E-state index contributed by atoms with van der Waals surface area (Å²) in [4.78, 5) is 48.9. The SMILES string of the molecule is O=C1CC[C@H](c2ccc(NC3CCC(C(=O)N4CC[C@@H](C(=O)O)C4)CC3)cc2)C(=O)N1. The fourth-order valence-electron chi connectivity index (χ4n) is 4.96. The molecule has 2 saturated heterocycles. The Morgan fingerprint density at radius 2 is 1.68 bits per heavy atom. The highest BCUT2D eigenvalue weighted by Gasteiger charge is 2.35. The zero-order valence-corrected chi connectivity index (χ0v) is 17.5. The molecule has 1 aliphatic carbocycles. The molecule has 166 valence electrons. The van der Waals surface area contributed by atoms with Gasteiger partial charge in [0.05, 0.1) is 11.8 Å². The van der Waals surface area contributed by atoms with Gasteiger partial charge in [-0.05, 0) is 56.2 Å². The van der Waals surface area contributed by atoms with E-state index in [1.807, 2.05) is 24.3 Å². The third-order valence-electron chi connectivity index (χ3n) is 6.85. The lowest BCUT2D eigenvalue weighted by Gasteiger charge is -2.31. The molecule has 1 aromatic carbocycles. The van der Waals surface area contributed by atoms with Crippen molar-refractivity contribution in [2.75, 3.05) is 18.4 Å². The Morgan fingerprint density at radius 1 is 0.968 bits per heavy atom. The number of carboxylic acids is 1. The van der Waals surface area contributed by atoms with Crippen LogP contribution in [-0.2, 0) is 19.2 Å². The molecule has 8 heteroatoms. The van der Waals surface area contributed by atoms with Crippen LogP contribution in [0.3, 0.4) is 0 Å². The van der Waals surface area contributed by atoms with E-state index in [4.69, 9.17) is 5.11 Å². The lowest BCUT2D eigenvalue weighted by Crippen LogP contribution is -2.39. The van der Waals surface area contributed by atoms with E-state index < -0.39 is 11.9 Å². The predicted molar refractivity (Wildman–Crippen MR) is 113 cm³/mol. The summed E-state index contributed by atoms with van der Waals surface area (Å²) in [7, 11) is 0. The number of amides is 3. The maximum absolute atomic E-state index is 12.7. The second-order valence-electron chi connectivity index (χ2n) is 8.93. The van der Waals surface area contributed by atoms with E-state index in [0.717, 1.165) is 36.9 Å². The van der Waals surface area contributed by atoms with Crippen LogP contribution in [0.1, 0.15) is 56.4 Å². The molecule has 3 fully saturated rings. The van der Waals surface area contributed by atoms with Gasteiger partial charge < -0.3 is 15.3 Å². The van der Waals surface area contributed by atoms with E-state index in [2.05, 4.69) is 10.6 Å². The number of piperidine rings is 1. The van der Waals surface area contributed by atoms with Gasteiger partial charge in [-0.15, -0.1) is 0 Å². The van der Waals surface area contributed by atoms with Gasteiger partial charge in [-0.25, -0.2) is 0 Å². The quantitative estimate of drug-likeness (QED) is 0.620. The number of nitrogens with zero attached hydrogens (tertiary/aromatic N) is 1. The molecule has 0 radical (unpaired) electrons. The number of nitrogens with one attached hydrogen (secondary N) is 2. The summed E-state index contributed by atoms with van der Waals surface area (Å²) in [6.07, 6.45) is 4.85. The van der Waals surface area contributed by atoms with Crippen LogP contribution in [-0.4, -0.2) is 52.8 Å². The van der Waals surface area contributed by atoms with E-state index in [1.165, 1.54) is 0 Å². The van der Waals surface area contributed by atoms with Crippen LogP contribution in [0.5, 0.6) is 0 Å². The summed E-state index contributed by atoms with van der Waals surface area (Å²) in [5, 5.41) is 15.1. The summed E-state index contributed by atoms with van der Waals surface area (Å²) in [6.45, 7) is 0.888. The number of benzene rings is 1. The maximum atomic E-state index is 12.7. The van der Waals surface area contributed by atoms with Crippen LogP contribution in [0.25, 0.3) is 0 Å². The van der Waals surface area contributed by atoms with Gasteiger partial charge >= 0.3 is 5.97 Å². The molecule has 1 saturated carbocycles. The number of rotatable bonds is 5. The molecular formula is C23H29N3O5. The minimum absolute atomic E-state index is 0.0134. The fourth-order valence-corrected chi connectivity index (χ4v) is 4.96. The smallest absolute Gasteiger partial charge is 0.308 e. The van der Waals surface area contributed by atoms with Crippen molar-refractivity contribution in [3.8, 4) is 0 Å². The van der Waals surface area contributed by atoms with Gasteiger partial charge in [-0.1, -0.05) is 12.1 Å². The summed E-state index contributed by atoms with van der Waals surface area (Å²) < 4.78 is 0. The van der Waals surface area contributed by atoms with Gasteiger partial charge in [-0.3, -0.25) is 24.5 Å². The van der Waals surface area contributed by atoms with Crippen molar-refractivity contribution in [3.63, 3.8) is 0 Å². The number of hydrogen-bond acceptors (Lipinski definition) is 5. The molecule has 4 rings (SSSR count). The highest BCUT2D eigenvalue weighted by Crippen LogP contribution is 2.31. The van der Waals surface area contributed by atoms with Crippen LogP contribution in [0, 0.1) is 11.8 Å². The molecule has 3 N–H and O–H groups in total. The first-order valence-electron chi connectivity index (χ1n) is 11.1. The molecule has 1 aromatic rings. The van der Waals surface area contributed by atoms with Crippen LogP contribution in [0.15, 0.2) is 24.3 Å². The van der Waals surface area contributed by atoms with Crippen molar-refractivity contribution >= 4 is 29.4 Å². The maximum Gasteiger partial charge on any atom is 0.308 e. The minimum atomic E-state index is -0.813. The van der Waals surface area contributed by atoms with Crippen molar-refractivity contribution in [1.82, 2.24) is 10.2 Å². The molecule has 0 bridgehead atoms. The zero-order chi connectivity index (χ0) is 22.0. The topological polar surface area (TPSA) is 116 Å². The van der Waals surface area contributed by atoms with Crippen molar-refractivity contribution in [2.45, 2.75) is 56.9 Å². The number of aliphatic carboxylic acids is 1. The van der Waals surface area contributed by atoms with E-state index in [1.54, 1.807) is 4.90 Å². The van der Waals surface area contributed by atoms with Gasteiger partial charge in [-0.2, -0.15) is 0 Å². The van der Waals surface area contributed by atoms with E-state index in [-0.39, 0.29) is 35.6 Å². The Labute approximate surface area is 181 Å². The van der Waals surface area contributed by atoms with Gasteiger partial charge in [0.1, 0.15) is 0 Å². The molecule has 8 nitrogen and oxygen atoms in total. The first-order chi connectivity index (χ1) is 14.9. The van der Waals surface area contributed by atoms with Gasteiger partial charge in [0.2, 0.25) is 17.7 Å². The monoisotopic (exact) mass is 427 g/mol. The highest BCUT2D eigenvalue weighted by atomic mass is 16.4. The predicted octanol–water partition coefficient (Wildman–Crippen LogP) is 2.11. The Morgan fingerprint density at radius 3 is 2.29 bits per heavy atom. The normalized spacial score (nSPS) is 28.8. The summed E-state index contributed by atoms with van der Waals surface area (Å²) in [6, 6.07) is 8.09. The number of hydrogen-bond donors (Lipinski definition) is 3. The average Bonchev–Trinajstić information content (AvgIpc) is 3.25. The molecule has 2 heterocycles. The van der Waals surface area contributed by atoms with Gasteiger partial charge in [0.25, 0.3) is 0 Å². The number of carbonyl (C=O) groups excluding carboxylic acids is 3. The third-order valence-corrected chi connectivity index (χ3v) is 6.85. The third kappa shape index (κ3) is 4.89. The van der Waals surface area contributed by atoms with Crippen molar-refractivity contribution in [1.29, 1.82) is 0 Å². The Balaban J connectivity index is 1.25. The molecule has 31 heavy (non-hydrogen) atoms. The van der Waals surface area contributed by atoms with Gasteiger partial charge in [0.15, 0.2) is 0 Å². The van der Waals surface area contributed by atoms with Crippen LogP contribution in [0.4, 0.5) is 5.69 Å². The summed E-state index contributed by atoms with van der Waals surface area (Å²) >= 11 is 0. The van der Waals surface area contributed by atoms with E-state index in [0.29, 0.717) is 32.4 Å². The Bertz CT molecular complexity index is 860. The van der Waals surface area contributed by atoms with Crippen molar-refractivity contribution < 1.29 is 24.3 Å². The standard InChI is InChI=1S/C23H29N3O5/c27-20-10-9-19(21(28)25-20)14-1-5-17(6-2-14)24-18-7-3-15(4-8-18)22(29)26-12-11-16(13-26)23(30)31/h1-2,5-6,15-16,18-19,24H,3-4,7-13H2,(H,30,31)(H,25,27,28)/t15?,16-,18?,19-/m1/s1. The summed E-state index contributed by atoms with van der Waals surface area (Å²) in [5.41, 5.74) is 1.89. The molecule has 3 amide bonds. The van der Waals surface area contributed by atoms with E-state index >= 15 is 0 Å². The second-order valence-corrected chi connectivity index (χ2v) is 8.93. The molecule has 0 unspecified atom stereocenters. The Hall–Kier alpha value is -2.90. The van der Waals surface area contributed by atoms with Crippen molar-refractivity contribution in [2.24, 2.45) is 11.8 Å². The number of likely N-dealkylation sites (tertiary alicyclic amines) is 1. The van der Waals surface area contributed by atoms with Crippen LogP contribution < -0.4 is 10.6 Å². The second kappa shape index (κ2) is 9.08. The lowest BCUT2D eigenvalue weighted by atomic mass is 9.85. The zero-order valence-electron chi connectivity index (χ0n) is 17.5. The average molecular weight is 428 g/mol.